The highest BCUT2D eigenvalue weighted by molar-refractivity contribution is 9.10. The molecule has 0 amide bonds. The van der Waals surface area contributed by atoms with Gasteiger partial charge in [-0.15, -0.1) is 0 Å². The van der Waals surface area contributed by atoms with Gasteiger partial charge in [0.15, 0.2) is 0 Å². The Kier molecular flexibility index (Phi) is 3.99. The Labute approximate surface area is 109 Å². The number of nitrogens with zero attached hydrogens (tertiary/aromatic N) is 2. The average molecular weight is 299 g/mol. The maximum Gasteiger partial charge on any atom is 0.270 e. The normalized spacial score (nSPS) is 16.6. The van der Waals surface area contributed by atoms with Crippen molar-refractivity contribution in [2.75, 3.05) is 18.0 Å². The number of rotatable bonds is 2. The van der Waals surface area contributed by atoms with Gasteiger partial charge in [0.1, 0.15) is 0 Å². The summed E-state index contributed by atoms with van der Waals surface area (Å²) in [6, 6.07) is 5.00. The van der Waals surface area contributed by atoms with Gasteiger partial charge in [-0.2, -0.15) is 0 Å². The van der Waals surface area contributed by atoms with Crippen LogP contribution >= 0.6 is 15.9 Å². The molecule has 1 aliphatic rings. The van der Waals surface area contributed by atoms with Crippen LogP contribution < -0.4 is 4.90 Å². The molecule has 1 aromatic carbocycles. The summed E-state index contributed by atoms with van der Waals surface area (Å²) in [5, 5.41) is 10.7. The maximum atomic E-state index is 10.7. The first-order valence-corrected chi connectivity index (χ1v) is 6.66. The van der Waals surface area contributed by atoms with Crippen molar-refractivity contribution in [1.82, 2.24) is 0 Å². The number of hydrogen-bond acceptors (Lipinski definition) is 3. The summed E-state index contributed by atoms with van der Waals surface area (Å²) in [7, 11) is 0. The monoisotopic (exact) mass is 298 g/mol. The molecule has 1 saturated heterocycles. The number of halogens is 1. The molecule has 5 heteroatoms. The van der Waals surface area contributed by atoms with E-state index < -0.39 is 0 Å². The van der Waals surface area contributed by atoms with Crippen LogP contribution in [0.4, 0.5) is 11.4 Å². The van der Waals surface area contributed by atoms with Gasteiger partial charge < -0.3 is 4.90 Å². The minimum absolute atomic E-state index is 0.135. The standard InChI is InChI=1S/C12H15BrN2O2/c13-11-9-10(15(16)17)5-6-12(11)14-7-3-1-2-4-8-14/h5-6,9H,1-4,7-8H2. The third-order valence-electron chi connectivity index (χ3n) is 3.09. The molecule has 2 rings (SSSR count). The second-order valence-electron chi connectivity index (χ2n) is 4.29. The zero-order valence-corrected chi connectivity index (χ0v) is 11.1. The van der Waals surface area contributed by atoms with Crippen LogP contribution in [0, 0.1) is 10.1 Å². The molecular weight excluding hydrogens is 284 g/mol. The maximum absolute atomic E-state index is 10.7. The van der Waals surface area contributed by atoms with Crippen LogP contribution in [-0.2, 0) is 0 Å². The molecule has 0 unspecified atom stereocenters. The lowest BCUT2D eigenvalue weighted by Crippen LogP contribution is -2.24. The lowest BCUT2D eigenvalue weighted by molar-refractivity contribution is -0.384. The number of nitro groups is 1. The van der Waals surface area contributed by atoms with Crippen molar-refractivity contribution in [3.05, 3.63) is 32.8 Å². The number of anilines is 1. The van der Waals surface area contributed by atoms with Crippen LogP contribution in [0.3, 0.4) is 0 Å². The van der Waals surface area contributed by atoms with E-state index >= 15 is 0 Å². The fourth-order valence-electron chi connectivity index (χ4n) is 2.18. The number of benzene rings is 1. The van der Waals surface area contributed by atoms with Crippen LogP contribution in [0.15, 0.2) is 22.7 Å². The summed E-state index contributed by atoms with van der Waals surface area (Å²) in [6.45, 7) is 2.08. The number of nitro benzene ring substituents is 1. The quantitative estimate of drug-likeness (QED) is 0.617. The Hall–Kier alpha value is -1.10. The van der Waals surface area contributed by atoms with E-state index in [1.807, 2.05) is 6.07 Å². The van der Waals surface area contributed by atoms with Gasteiger partial charge in [-0.05, 0) is 34.8 Å². The van der Waals surface area contributed by atoms with Crippen molar-refractivity contribution in [3.63, 3.8) is 0 Å². The number of hydrogen-bond donors (Lipinski definition) is 0. The SMILES string of the molecule is O=[N+]([O-])c1ccc(N2CCCCCC2)c(Br)c1. The third kappa shape index (κ3) is 2.97. The minimum Gasteiger partial charge on any atom is -0.371 e. The van der Waals surface area contributed by atoms with E-state index in [9.17, 15) is 10.1 Å². The Morgan fingerprint density at radius 3 is 2.35 bits per heavy atom. The van der Waals surface area contributed by atoms with Gasteiger partial charge in [-0.25, -0.2) is 0 Å². The summed E-state index contributed by atoms with van der Waals surface area (Å²) >= 11 is 3.43. The van der Waals surface area contributed by atoms with Crippen molar-refractivity contribution in [3.8, 4) is 0 Å². The molecule has 0 N–H and O–H groups in total. The molecule has 0 spiro atoms. The van der Waals surface area contributed by atoms with Crippen molar-refractivity contribution in [1.29, 1.82) is 0 Å². The van der Waals surface area contributed by atoms with Gasteiger partial charge in [-0.3, -0.25) is 10.1 Å². The van der Waals surface area contributed by atoms with Crippen molar-refractivity contribution >= 4 is 27.3 Å². The van der Waals surface area contributed by atoms with Crippen LogP contribution in [0.5, 0.6) is 0 Å². The highest BCUT2D eigenvalue weighted by atomic mass is 79.9. The van der Waals surface area contributed by atoms with Gasteiger partial charge in [0, 0.05) is 29.7 Å². The molecule has 0 saturated carbocycles. The van der Waals surface area contributed by atoms with Gasteiger partial charge in [-0.1, -0.05) is 12.8 Å². The molecular formula is C12H15BrN2O2. The molecule has 1 heterocycles. The second-order valence-corrected chi connectivity index (χ2v) is 5.15. The first-order chi connectivity index (χ1) is 8.18. The van der Waals surface area contributed by atoms with Crippen LogP contribution in [0.1, 0.15) is 25.7 Å². The molecule has 0 radical (unpaired) electrons. The number of non-ortho nitro benzene ring substituents is 1. The summed E-state index contributed by atoms with van der Waals surface area (Å²) < 4.78 is 0.814. The predicted molar refractivity (Wildman–Crippen MR) is 71.5 cm³/mol. The van der Waals surface area contributed by atoms with E-state index in [4.69, 9.17) is 0 Å². The van der Waals surface area contributed by atoms with E-state index in [1.165, 1.54) is 25.7 Å². The summed E-state index contributed by atoms with van der Waals surface area (Å²) in [6.07, 6.45) is 4.95. The highest BCUT2D eigenvalue weighted by Gasteiger charge is 2.15. The lowest BCUT2D eigenvalue weighted by Gasteiger charge is -2.23. The molecule has 1 aliphatic heterocycles. The Morgan fingerprint density at radius 2 is 1.82 bits per heavy atom. The molecule has 4 nitrogen and oxygen atoms in total. The zero-order chi connectivity index (χ0) is 12.3. The Morgan fingerprint density at radius 1 is 1.18 bits per heavy atom. The smallest absolute Gasteiger partial charge is 0.270 e. The van der Waals surface area contributed by atoms with Gasteiger partial charge in [0.2, 0.25) is 0 Å². The lowest BCUT2D eigenvalue weighted by atomic mass is 10.2. The molecule has 0 aliphatic carbocycles. The fourth-order valence-corrected chi connectivity index (χ4v) is 2.79. The van der Waals surface area contributed by atoms with E-state index in [2.05, 4.69) is 20.8 Å². The van der Waals surface area contributed by atoms with Crippen molar-refractivity contribution in [2.45, 2.75) is 25.7 Å². The topological polar surface area (TPSA) is 46.4 Å². The summed E-state index contributed by atoms with van der Waals surface area (Å²) in [5.74, 6) is 0. The second kappa shape index (κ2) is 5.49. The van der Waals surface area contributed by atoms with Gasteiger partial charge in [0.05, 0.1) is 10.6 Å². The molecule has 1 aromatic rings. The predicted octanol–water partition coefficient (Wildman–Crippen LogP) is 3.74. The Balaban J connectivity index is 2.22. The van der Waals surface area contributed by atoms with Crippen molar-refractivity contribution < 1.29 is 4.92 Å². The zero-order valence-electron chi connectivity index (χ0n) is 9.56. The van der Waals surface area contributed by atoms with E-state index in [0.717, 1.165) is 23.2 Å². The van der Waals surface area contributed by atoms with Gasteiger partial charge in [0.25, 0.3) is 5.69 Å². The van der Waals surface area contributed by atoms with Gasteiger partial charge >= 0.3 is 0 Å². The van der Waals surface area contributed by atoms with Crippen molar-refractivity contribution in [2.24, 2.45) is 0 Å². The first kappa shape index (κ1) is 12.4. The fraction of sp³-hybridized carbons (Fsp3) is 0.500. The molecule has 0 aromatic heterocycles. The molecule has 0 bridgehead atoms. The van der Waals surface area contributed by atoms with Crippen LogP contribution in [0.2, 0.25) is 0 Å². The van der Waals surface area contributed by atoms with Crippen LogP contribution in [-0.4, -0.2) is 18.0 Å². The largest absolute Gasteiger partial charge is 0.371 e. The first-order valence-electron chi connectivity index (χ1n) is 5.87. The minimum atomic E-state index is -0.364. The van der Waals surface area contributed by atoms with Crippen LogP contribution in [0.25, 0.3) is 0 Å². The molecule has 92 valence electrons. The van der Waals surface area contributed by atoms with E-state index in [0.29, 0.717) is 0 Å². The summed E-state index contributed by atoms with van der Waals surface area (Å²) in [4.78, 5) is 12.6. The van der Waals surface area contributed by atoms with E-state index in [1.54, 1.807) is 12.1 Å². The van der Waals surface area contributed by atoms with E-state index in [-0.39, 0.29) is 10.6 Å². The highest BCUT2D eigenvalue weighted by Crippen LogP contribution is 2.31. The average Bonchev–Trinajstić information content (AvgIpc) is 2.57. The molecule has 17 heavy (non-hydrogen) atoms. The summed E-state index contributed by atoms with van der Waals surface area (Å²) in [5.41, 5.74) is 1.20. The third-order valence-corrected chi connectivity index (χ3v) is 3.72. The molecule has 0 atom stereocenters. The molecule has 1 fully saturated rings. The Bertz CT molecular complexity index is 415.